The predicted octanol–water partition coefficient (Wildman–Crippen LogP) is 2.77. The first-order valence-corrected chi connectivity index (χ1v) is 8.06. The Kier molecular flexibility index (Phi) is 5.45. The van der Waals surface area contributed by atoms with Crippen molar-refractivity contribution in [2.75, 3.05) is 26.8 Å². The number of benzene rings is 2. The van der Waals surface area contributed by atoms with Crippen LogP contribution in [0.3, 0.4) is 0 Å². The maximum Gasteiger partial charge on any atom is 0.123 e. The third-order valence-corrected chi connectivity index (χ3v) is 4.31. The van der Waals surface area contributed by atoms with Gasteiger partial charge in [-0.2, -0.15) is 0 Å². The minimum Gasteiger partial charge on any atom is -0.497 e. The molecule has 0 aliphatic carbocycles. The zero-order valence-electron chi connectivity index (χ0n) is 13.7. The number of ether oxygens (including phenoxy) is 2. The van der Waals surface area contributed by atoms with E-state index >= 15 is 0 Å². The molecule has 0 saturated carbocycles. The summed E-state index contributed by atoms with van der Waals surface area (Å²) in [4.78, 5) is 2.25. The second-order valence-corrected chi connectivity index (χ2v) is 5.99. The summed E-state index contributed by atoms with van der Waals surface area (Å²) in [6, 6.07) is 13.9. The van der Waals surface area contributed by atoms with E-state index in [1.807, 2.05) is 24.3 Å². The van der Waals surface area contributed by atoms with Gasteiger partial charge in [0.25, 0.3) is 0 Å². The van der Waals surface area contributed by atoms with Crippen LogP contribution in [0.2, 0.25) is 0 Å². The van der Waals surface area contributed by atoms with Crippen molar-refractivity contribution in [2.45, 2.75) is 18.8 Å². The number of rotatable bonds is 5. The Labute approximate surface area is 141 Å². The van der Waals surface area contributed by atoms with Gasteiger partial charge in [-0.25, -0.2) is 4.39 Å². The van der Waals surface area contributed by atoms with E-state index in [1.165, 1.54) is 17.7 Å². The number of hydrogen-bond donors (Lipinski definition) is 1. The monoisotopic (exact) mass is 331 g/mol. The van der Waals surface area contributed by atoms with E-state index in [9.17, 15) is 9.50 Å². The third-order valence-electron chi connectivity index (χ3n) is 4.31. The summed E-state index contributed by atoms with van der Waals surface area (Å²) in [6.07, 6.45) is -1.08. The van der Waals surface area contributed by atoms with Gasteiger partial charge in [0.1, 0.15) is 23.8 Å². The fourth-order valence-electron chi connectivity index (χ4n) is 2.93. The van der Waals surface area contributed by atoms with Crippen molar-refractivity contribution in [2.24, 2.45) is 0 Å². The van der Waals surface area contributed by atoms with E-state index < -0.39 is 6.10 Å². The largest absolute Gasteiger partial charge is 0.497 e. The maximum absolute atomic E-state index is 13.0. The molecule has 2 aromatic carbocycles. The summed E-state index contributed by atoms with van der Waals surface area (Å²) in [7, 11) is 1.65. The molecule has 0 aromatic heterocycles. The number of morpholine rings is 1. The van der Waals surface area contributed by atoms with Crippen LogP contribution in [0.4, 0.5) is 4.39 Å². The molecular formula is C19H22FNO3. The van der Waals surface area contributed by atoms with Crippen molar-refractivity contribution in [1.82, 2.24) is 4.90 Å². The van der Waals surface area contributed by atoms with Crippen LogP contribution in [0.5, 0.6) is 5.75 Å². The van der Waals surface area contributed by atoms with Gasteiger partial charge in [-0.15, -0.1) is 0 Å². The number of hydrogen-bond acceptors (Lipinski definition) is 4. The molecule has 5 heteroatoms. The Balaban J connectivity index is 1.61. The van der Waals surface area contributed by atoms with Crippen molar-refractivity contribution in [3.8, 4) is 5.75 Å². The van der Waals surface area contributed by atoms with E-state index in [-0.39, 0.29) is 11.9 Å². The molecule has 1 aliphatic rings. The van der Waals surface area contributed by atoms with Crippen LogP contribution >= 0.6 is 0 Å². The molecule has 0 radical (unpaired) electrons. The van der Waals surface area contributed by atoms with Crippen LogP contribution in [0.1, 0.15) is 17.2 Å². The van der Waals surface area contributed by atoms with Crippen LogP contribution in [0.15, 0.2) is 48.5 Å². The molecule has 1 saturated heterocycles. The van der Waals surface area contributed by atoms with E-state index in [4.69, 9.17) is 9.47 Å². The van der Waals surface area contributed by atoms with Gasteiger partial charge in [0.2, 0.25) is 0 Å². The molecule has 0 bridgehead atoms. The SMILES string of the molecule is COc1ccc(CN2CCOC(C(O)c3ccc(F)cc3)C2)cc1. The third kappa shape index (κ3) is 4.12. The van der Waals surface area contributed by atoms with Gasteiger partial charge in [-0.05, 0) is 35.4 Å². The van der Waals surface area contributed by atoms with Gasteiger partial charge < -0.3 is 14.6 Å². The molecule has 0 amide bonds. The van der Waals surface area contributed by atoms with Crippen LogP contribution in [-0.2, 0) is 11.3 Å². The quantitative estimate of drug-likeness (QED) is 0.915. The van der Waals surface area contributed by atoms with Gasteiger partial charge >= 0.3 is 0 Å². The first-order valence-electron chi connectivity index (χ1n) is 8.06. The van der Waals surface area contributed by atoms with Gasteiger partial charge in [-0.3, -0.25) is 4.90 Å². The van der Waals surface area contributed by atoms with Crippen LogP contribution in [0.25, 0.3) is 0 Å². The number of methoxy groups -OCH3 is 1. The highest BCUT2D eigenvalue weighted by Gasteiger charge is 2.28. The average Bonchev–Trinajstić information content (AvgIpc) is 2.63. The first kappa shape index (κ1) is 16.9. The topological polar surface area (TPSA) is 41.9 Å². The molecule has 2 atom stereocenters. The fraction of sp³-hybridized carbons (Fsp3) is 0.368. The Morgan fingerprint density at radius 3 is 2.58 bits per heavy atom. The highest BCUT2D eigenvalue weighted by molar-refractivity contribution is 5.27. The van der Waals surface area contributed by atoms with Crippen molar-refractivity contribution in [3.63, 3.8) is 0 Å². The maximum atomic E-state index is 13.0. The van der Waals surface area contributed by atoms with Crippen molar-refractivity contribution >= 4 is 0 Å². The average molecular weight is 331 g/mol. The summed E-state index contributed by atoms with van der Waals surface area (Å²) in [5, 5.41) is 10.5. The van der Waals surface area contributed by atoms with Gasteiger partial charge in [0.05, 0.1) is 13.7 Å². The standard InChI is InChI=1S/C19H22FNO3/c1-23-17-8-2-14(3-9-17)12-21-10-11-24-18(13-21)19(22)15-4-6-16(20)7-5-15/h2-9,18-19,22H,10-13H2,1H3. The molecule has 2 unspecified atom stereocenters. The summed E-state index contributed by atoms with van der Waals surface area (Å²) in [6.45, 7) is 2.81. The molecule has 24 heavy (non-hydrogen) atoms. The van der Waals surface area contributed by atoms with Crippen LogP contribution in [0, 0.1) is 5.82 Å². The molecule has 0 spiro atoms. The molecular weight excluding hydrogens is 309 g/mol. The lowest BCUT2D eigenvalue weighted by Gasteiger charge is -2.35. The Bertz CT molecular complexity index is 645. The molecule has 3 rings (SSSR count). The van der Waals surface area contributed by atoms with Gasteiger partial charge in [0.15, 0.2) is 0 Å². The molecule has 1 N–H and O–H groups in total. The fourth-order valence-corrected chi connectivity index (χ4v) is 2.93. The first-order chi connectivity index (χ1) is 11.7. The number of halogens is 1. The molecule has 1 aliphatic heterocycles. The van der Waals surface area contributed by atoms with E-state index in [1.54, 1.807) is 19.2 Å². The number of nitrogens with zero attached hydrogens (tertiary/aromatic N) is 1. The molecule has 2 aromatic rings. The van der Waals surface area contributed by atoms with Gasteiger partial charge in [-0.1, -0.05) is 24.3 Å². The molecule has 1 fully saturated rings. The molecule has 128 valence electrons. The molecule has 1 heterocycles. The van der Waals surface area contributed by atoms with Gasteiger partial charge in [0, 0.05) is 19.6 Å². The Morgan fingerprint density at radius 2 is 1.92 bits per heavy atom. The second kappa shape index (κ2) is 7.75. The number of aliphatic hydroxyl groups is 1. The van der Waals surface area contributed by atoms with Crippen molar-refractivity contribution in [1.29, 1.82) is 0 Å². The lowest BCUT2D eigenvalue weighted by molar-refractivity contribution is -0.0919. The Morgan fingerprint density at radius 1 is 1.21 bits per heavy atom. The van der Waals surface area contributed by atoms with Crippen LogP contribution in [-0.4, -0.2) is 42.9 Å². The smallest absolute Gasteiger partial charge is 0.123 e. The number of aliphatic hydroxyl groups excluding tert-OH is 1. The Hall–Kier alpha value is -1.95. The normalized spacial score (nSPS) is 19.9. The van der Waals surface area contributed by atoms with Crippen molar-refractivity contribution in [3.05, 3.63) is 65.5 Å². The van der Waals surface area contributed by atoms with Crippen LogP contribution < -0.4 is 4.74 Å². The highest BCUT2D eigenvalue weighted by Crippen LogP contribution is 2.23. The summed E-state index contributed by atoms with van der Waals surface area (Å²) >= 11 is 0. The highest BCUT2D eigenvalue weighted by atomic mass is 19.1. The zero-order chi connectivity index (χ0) is 16.9. The minimum atomic E-state index is -0.760. The second-order valence-electron chi connectivity index (χ2n) is 5.99. The minimum absolute atomic E-state index is 0.309. The van der Waals surface area contributed by atoms with E-state index in [0.717, 1.165) is 18.8 Å². The summed E-state index contributed by atoms with van der Waals surface area (Å²) < 4.78 is 23.9. The lowest BCUT2D eigenvalue weighted by atomic mass is 10.0. The van der Waals surface area contributed by atoms with Crippen molar-refractivity contribution < 1.29 is 19.0 Å². The molecule has 4 nitrogen and oxygen atoms in total. The summed E-state index contributed by atoms with van der Waals surface area (Å²) in [5.74, 6) is 0.530. The summed E-state index contributed by atoms with van der Waals surface area (Å²) in [5.41, 5.74) is 1.86. The van der Waals surface area contributed by atoms with E-state index in [2.05, 4.69) is 4.90 Å². The zero-order valence-corrected chi connectivity index (χ0v) is 13.7. The predicted molar refractivity (Wildman–Crippen MR) is 89.4 cm³/mol. The van der Waals surface area contributed by atoms with E-state index in [0.29, 0.717) is 18.7 Å². The lowest BCUT2D eigenvalue weighted by Crippen LogP contribution is -2.44.